The SMILES string of the molecule is CCn1c(-c2ccc(Cl)cc2)nn(CN(Cc2ccc(OC)cc2)C2CC2)c1=S. The van der Waals surface area contributed by atoms with Gasteiger partial charge in [0.25, 0.3) is 0 Å². The Morgan fingerprint density at radius 1 is 1.14 bits per heavy atom. The van der Waals surface area contributed by atoms with Crippen molar-refractivity contribution in [3.63, 3.8) is 0 Å². The van der Waals surface area contributed by atoms with Crippen LogP contribution in [0.25, 0.3) is 11.4 Å². The smallest absolute Gasteiger partial charge is 0.199 e. The number of rotatable bonds is 8. The molecule has 1 fully saturated rings. The minimum atomic E-state index is 0.588. The molecule has 7 heteroatoms. The van der Waals surface area contributed by atoms with Crippen LogP contribution < -0.4 is 4.74 Å². The molecule has 1 heterocycles. The second-order valence-electron chi connectivity index (χ2n) is 7.32. The van der Waals surface area contributed by atoms with Gasteiger partial charge in [0.05, 0.1) is 13.8 Å². The molecule has 5 nitrogen and oxygen atoms in total. The summed E-state index contributed by atoms with van der Waals surface area (Å²) in [5.74, 6) is 1.76. The molecule has 1 aliphatic rings. The lowest BCUT2D eigenvalue weighted by Crippen LogP contribution is -2.29. The molecule has 0 aliphatic heterocycles. The van der Waals surface area contributed by atoms with E-state index >= 15 is 0 Å². The van der Waals surface area contributed by atoms with Gasteiger partial charge >= 0.3 is 0 Å². The van der Waals surface area contributed by atoms with E-state index in [2.05, 4.69) is 28.5 Å². The lowest BCUT2D eigenvalue weighted by molar-refractivity contribution is 0.186. The maximum atomic E-state index is 6.05. The van der Waals surface area contributed by atoms with Gasteiger partial charge in [-0.05, 0) is 73.9 Å². The van der Waals surface area contributed by atoms with Gasteiger partial charge in [0.15, 0.2) is 10.6 Å². The number of ether oxygens (including phenoxy) is 1. The Kier molecular flexibility index (Phi) is 6.04. The predicted molar refractivity (Wildman–Crippen MR) is 119 cm³/mol. The fraction of sp³-hybridized carbons (Fsp3) is 0.364. The molecule has 0 N–H and O–H groups in total. The summed E-state index contributed by atoms with van der Waals surface area (Å²) in [5.41, 5.74) is 2.28. The number of halogens is 1. The van der Waals surface area contributed by atoms with E-state index in [-0.39, 0.29) is 0 Å². The maximum Gasteiger partial charge on any atom is 0.199 e. The van der Waals surface area contributed by atoms with E-state index in [4.69, 9.17) is 33.7 Å². The third-order valence-corrected chi connectivity index (χ3v) is 5.95. The third-order valence-electron chi connectivity index (χ3n) is 5.27. The van der Waals surface area contributed by atoms with Crippen molar-refractivity contribution < 1.29 is 4.74 Å². The van der Waals surface area contributed by atoms with E-state index in [9.17, 15) is 0 Å². The topological polar surface area (TPSA) is 35.2 Å². The first kappa shape index (κ1) is 20.1. The van der Waals surface area contributed by atoms with Crippen LogP contribution in [0.4, 0.5) is 0 Å². The Morgan fingerprint density at radius 3 is 2.41 bits per heavy atom. The van der Waals surface area contributed by atoms with Crippen molar-refractivity contribution in [1.82, 2.24) is 19.2 Å². The van der Waals surface area contributed by atoms with Crippen LogP contribution in [0.2, 0.25) is 5.02 Å². The van der Waals surface area contributed by atoms with Crippen LogP contribution in [0.1, 0.15) is 25.3 Å². The third kappa shape index (κ3) is 4.55. The summed E-state index contributed by atoms with van der Waals surface area (Å²) >= 11 is 11.8. The van der Waals surface area contributed by atoms with Crippen LogP contribution in [-0.4, -0.2) is 32.4 Å². The minimum absolute atomic E-state index is 0.588. The maximum absolute atomic E-state index is 6.05. The van der Waals surface area contributed by atoms with E-state index in [0.29, 0.717) is 17.7 Å². The fourth-order valence-electron chi connectivity index (χ4n) is 3.50. The molecule has 1 aromatic heterocycles. The van der Waals surface area contributed by atoms with Crippen LogP contribution in [0.3, 0.4) is 0 Å². The van der Waals surface area contributed by atoms with Crippen molar-refractivity contribution >= 4 is 23.8 Å². The van der Waals surface area contributed by atoms with E-state index in [0.717, 1.165) is 35.0 Å². The molecule has 152 valence electrons. The molecule has 0 radical (unpaired) electrons. The van der Waals surface area contributed by atoms with Crippen molar-refractivity contribution in [1.29, 1.82) is 0 Å². The van der Waals surface area contributed by atoms with Crippen molar-refractivity contribution in [2.24, 2.45) is 0 Å². The summed E-state index contributed by atoms with van der Waals surface area (Å²) in [7, 11) is 1.69. The molecule has 1 aliphatic carbocycles. The molecule has 0 atom stereocenters. The molecular formula is C22H25ClN4OS. The normalized spacial score (nSPS) is 13.8. The predicted octanol–water partition coefficient (Wildman–Crippen LogP) is 5.39. The molecule has 1 saturated carbocycles. The van der Waals surface area contributed by atoms with Gasteiger partial charge in [-0.25, -0.2) is 4.68 Å². The molecule has 0 saturated heterocycles. The molecule has 2 aromatic carbocycles. The second-order valence-corrected chi connectivity index (χ2v) is 8.13. The fourth-order valence-corrected chi connectivity index (χ4v) is 3.94. The highest BCUT2D eigenvalue weighted by molar-refractivity contribution is 7.71. The number of methoxy groups -OCH3 is 1. The van der Waals surface area contributed by atoms with E-state index in [1.54, 1.807) is 7.11 Å². The number of aromatic nitrogens is 3. The molecule has 0 spiro atoms. The van der Waals surface area contributed by atoms with Gasteiger partial charge in [-0.2, -0.15) is 5.10 Å². The number of nitrogens with zero attached hydrogens (tertiary/aromatic N) is 4. The number of benzene rings is 2. The lowest BCUT2D eigenvalue weighted by Gasteiger charge is -2.22. The van der Waals surface area contributed by atoms with Crippen molar-refractivity contribution in [3.8, 4) is 17.1 Å². The summed E-state index contributed by atoms with van der Waals surface area (Å²) in [6.45, 7) is 4.42. The molecule has 3 aromatic rings. The number of hydrogen-bond acceptors (Lipinski definition) is 4. The van der Waals surface area contributed by atoms with E-state index in [1.807, 2.05) is 41.1 Å². The quantitative estimate of drug-likeness (QED) is 0.451. The van der Waals surface area contributed by atoms with Gasteiger partial charge in [-0.3, -0.25) is 4.90 Å². The van der Waals surface area contributed by atoms with E-state index in [1.165, 1.54) is 18.4 Å². The average Bonchev–Trinajstić information content (AvgIpc) is 3.54. The summed E-state index contributed by atoms with van der Waals surface area (Å²) in [6, 6.07) is 16.6. The molecular weight excluding hydrogens is 404 g/mol. The zero-order chi connectivity index (χ0) is 20.4. The Balaban J connectivity index is 1.59. The van der Waals surface area contributed by atoms with Crippen molar-refractivity contribution in [2.75, 3.05) is 7.11 Å². The van der Waals surface area contributed by atoms with Gasteiger partial charge in [-0.1, -0.05) is 23.7 Å². The van der Waals surface area contributed by atoms with E-state index < -0.39 is 0 Å². The van der Waals surface area contributed by atoms with Crippen LogP contribution in [0.5, 0.6) is 5.75 Å². The Labute approximate surface area is 181 Å². The molecule has 0 bridgehead atoms. The highest BCUT2D eigenvalue weighted by atomic mass is 35.5. The Bertz CT molecular complexity index is 1020. The van der Waals surface area contributed by atoms with Crippen LogP contribution in [0.15, 0.2) is 48.5 Å². The van der Waals surface area contributed by atoms with Crippen LogP contribution in [-0.2, 0) is 19.8 Å². The molecule has 29 heavy (non-hydrogen) atoms. The van der Waals surface area contributed by atoms with Crippen molar-refractivity contribution in [3.05, 3.63) is 63.9 Å². The largest absolute Gasteiger partial charge is 0.497 e. The van der Waals surface area contributed by atoms with Gasteiger partial charge < -0.3 is 9.30 Å². The summed E-state index contributed by atoms with van der Waals surface area (Å²) in [5, 5.41) is 5.59. The summed E-state index contributed by atoms with van der Waals surface area (Å²) < 4.78 is 10.0. The summed E-state index contributed by atoms with van der Waals surface area (Å²) in [6.07, 6.45) is 2.45. The molecule has 0 amide bonds. The molecule has 4 rings (SSSR count). The highest BCUT2D eigenvalue weighted by Gasteiger charge is 2.30. The minimum Gasteiger partial charge on any atom is -0.497 e. The van der Waals surface area contributed by atoms with Gasteiger partial charge in [-0.15, -0.1) is 0 Å². The summed E-state index contributed by atoms with van der Waals surface area (Å²) in [4.78, 5) is 2.45. The van der Waals surface area contributed by atoms with Crippen LogP contribution in [0, 0.1) is 4.77 Å². The van der Waals surface area contributed by atoms with Gasteiger partial charge in [0.1, 0.15) is 5.75 Å². The first-order valence-corrected chi connectivity index (χ1v) is 10.7. The van der Waals surface area contributed by atoms with Gasteiger partial charge in [0.2, 0.25) is 0 Å². The standard InChI is InChI=1S/C22H25ClN4OS/c1-3-26-21(17-6-8-18(23)9-7-17)24-27(22(26)29)15-25(19-10-11-19)14-16-4-12-20(28-2)13-5-16/h4-9,12-13,19H,3,10-11,14-15H2,1-2H3. The first-order valence-electron chi connectivity index (χ1n) is 9.89. The Morgan fingerprint density at radius 2 is 1.83 bits per heavy atom. The zero-order valence-corrected chi connectivity index (χ0v) is 18.3. The highest BCUT2D eigenvalue weighted by Crippen LogP contribution is 2.30. The second kappa shape index (κ2) is 8.69. The Hall–Kier alpha value is -2.15. The monoisotopic (exact) mass is 428 g/mol. The lowest BCUT2D eigenvalue weighted by atomic mass is 10.2. The first-order chi connectivity index (χ1) is 14.1. The number of hydrogen-bond donors (Lipinski definition) is 0. The van der Waals surface area contributed by atoms with Gasteiger partial charge in [0, 0.05) is 29.7 Å². The van der Waals surface area contributed by atoms with Crippen LogP contribution >= 0.6 is 23.8 Å². The average molecular weight is 429 g/mol. The molecule has 0 unspecified atom stereocenters. The zero-order valence-electron chi connectivity index (χ0n) is 16.7. The van der Waals surface area contributed by atoms with Crippen molar-refractivity contribution in [2.45, 2.75) is 45.6 Å².